The van der Waals surface area contributed by atoms with Crippen LogP contribution in [0.1, 0.15) is 37.3 Å². The van der Waals surface area contributed by atoms with E-state index in [-0.39, 0.29) is 29.3 Å². The van der Waals surface area contributed by atoms with Gasteiger partial charge in [-0.2, -0.15) is 0 Å². The van der Waals surface area contributed by atoms with Crippen LogP contribution in [0.5, 0.6) is 0 Å². The largest absolute Gasteiger partial charge is 0.314 e. The van der Waals surface area contributed by atoms with E-state index in [4.69, 9.17) is 11.6 Å². The Morgan fingerprint density at radius 2 is 2.05 bits per heavy atom. The number of piperazine rings is 1. The Morgan fingerprint density at radius 1 is 1.32 bits per heavy atom. The highest BCUT2D eigenvalue weighted by atomic mass is 35.5. The number of unbranched alkanes of at least 4 members (excludes halogenated alkanes) is 2. The highest BCUT2D eigenvalue weighted by Gasteiger charge is 2.24. The lowest BCUT2D eigenvalue weighted by molar-refractivity contribution is 0.162. The second-order valence-corrected chi connectivity index (χ2v) is 5.90. The van der Waals surface area contributed by atoms with Gasteiger partial charge < -0.3 is 5.32 Å². The maximum absolute atomic E-state index is 13.8. The Morgan fingerprint density at radius 3 is 2.73 bits per heavy atom. The van der Waals surface area contributed by atoms with Crippen molar-refractivity contribution in [2.75, 3.05) is 26.2 Å². The summed E-state index contributed by atoms with van der Waals surface area (Å²) >= 11 is 6.21. The van der Waals surface area contributed by atoms with Crippen molar-refractivity contribution in [2.24, 2.45) is 0 Å². The average molecular weight is 347 g/mol. The summed E-state index contributed by atoms with van der Waals surface area (Å²) in [6.45, 7) is 7.70. The molecular formula is C17H25Cl2FN2. The normalized spacial score (nSPS) is 16.8. The van der Waals surface area contributed by atoms with Crippen LogP contribution < -0.4 is 5.32 Å². The summed E-state index contributed by atoms with van der Waals surface area (Å²) in [5.74, 6) is -0.319. The van der Waals surface area contributed by atoms with Crippen LogP contribution in [-0.2, 0) is 0 Å². The molecule has 2 rings (SSSR count). The molecule has 0 spiro atoms. The maximum atomic E-state index is 13.8. The molecule has 1 atom stereocenters. The molecule has 0 saturated carbocycles. The standard InChI is InChI=1S/C17H24ClFN2.ClH/c1-2-3-4-5-9-16(21-12-10-20-11-13-21)14-7-6-8-15(19)17(14)18;/h2,6-8,16,20H,1,3-5,9-13H2;1H/t16-;/m0./s1. The molecule has 1 saturated heterocycles. The number of rotatable bonds is 7. The van der Waals surface area contributed by atoms with Gasteiger partial charge in [0.2, 0.25) is 0 Å². The Bertz CT molecular complexity index is 462. The van der Waals surface area contributed by atoms with Gasteiger partial charge >= 0.3 is 0 Å². The smallest absolute Gasteiger partial charge is 0.142 e. The molecule has 0 bridgehead atoms. The topological polar surface area (TPSA) is 15.3 Å². The lowest BCUT2D eigenvalue weighted by Crippen LogP contribution is -2.45. The number of allylic oxidation sites excluding steroid dienone is 1. The maximum Gasteiger partial charge on any atom is 0.142 e. The first-order valence-electron chi connectivity index (χ1n) is 7.73. The fourth-order valence-corrected chi connectivity index (χ4v) is 3.18. The molecule has 0 unspecified atom stereocenters. The molecule has 1 aromatic carbocycles. The zero-order valence-electron chi connectivity index (χ0n) is 12.9. The van der Waals surface area contributed by atoms with E-state index < -0.39 is 0 Å². The SMILES string of the molecule is C=CCCCC[C@@H](c1cccc(F)c1Cl)N1CCNCC1.Cl. The van der Waals surface area contributed by atoms with Crippen LogP contribution in [0.15, 0.2) is 30.9 Å². The summed E-state index contributed by atoms with van der Waals surface area (Å²) in [6.07, 6.45) is 6.23. The van der Waals surface area contributed by atoms with Gasteiger partial charge in [0.1, 0.15) is 5.82 Å². The Kier molecular flexibility index (Phi) is 9.03. The van der Waals surface area contributed by atoms with Crippen molar-refractivity contribution in [1.82, 2.24) is 10.2 Å². The molecule has 1 heterocycles. The zero-order valence-corrected chi connectivity index (χ0v) is 14.4. The van der Waals surface area contributed by atoms with Gasteiger partial charge in [-0.3, -0.25) is 4.90 Å². The first-order chi connectivity index (χ1) is 10.2. The van der Waals surface area contributed by atoms with Gasteiger partial charge in [0.25, 0.3) is 0 Å². The van der Waals surface area contributed by atoms with E-state index in [1.54, 1.807) is 6.07 Å². The number of hydrogen-bond acceptors (Lipinski definition) is 2. The molecule has 0 amide bonds. The van der Waals surface area contributed by atoms with Crippen molar-refractivity contribution in [2.45, 2.75) is 31.7 Å². The van der Waals surface area contributed by atoms with Gasteiger partial charge in [-0.05, 0) is 30.9 Å². The lowest BCUT2D eigenvalue weighted by Gasteiger charge is -2.35. The van der Waals surface area contributed by atoms with Gasteiger partial charge in [0, 0.05) is 32.2 Å². The summed E-state index contributed by atoms with van der Waals surface area (Å²) in [7, 11) is 0. The molecule has 22 heavy (non-hydrogen) atoms. The van der Waals surface area contributed by atoms with Gasteiger partial charge in [0.15, 0.2) is 0 Å². The van der Waals surface area contributed by atoms with Crippen molar-refractivity contribution in [1.29, 1.82) is 0 Å². The summed E-state index contributed by atoms with van der Waals surface area (Å²) in [4.78, 5) is 2.42. The van der Waals surface area contributed by atoms with Crippen LogP contribution in [0.25, 0.3) is 0 Å². The van der Waals surface area contributed by atoms with Crippen molar-refractivity contribution >= 4 is 24.0 Å². The monoisotopic (exact) mass is 346 g/mol. The van der Waals surface area contributed by atoms with Crippen LogP contribution in [0, 0.1) is 5.82 Å². The molecule has 1 N–H and O–H groups in total. The molecule has 1 aliphatic rings. The third kappa shape index (κ3) is 5.24. The second-order valence-electron chi connectivity index (χ2n) is 5.52. The van der Waals surface area contributed by atoms with Crippen LogP contribution in [0.2, 0.25) is 5.02 Å². The number of nitrogens with one attached hydrogen (secondary N) is 1. The highest BCUT2D eigenvalue weighted by molar-refractivity contribution is 6.31. The molecule has 5 heteroatoms. The zero-order chi connectivity index (χ0) is 15.1. The van der Waals surface area contributed by atoms with E-state index in [9.17, 15) is 4.39 Å². The van der Waals surface area contributed by atoms with Crippen molar-refractivity contribution in [3.8, 4) is 0 Å². The minimum absolute atomic E-state index is 0. The van der Waals surface area contributed by atoms with E-state index in [2.05, 4.69) is 16.8 Å². The van der Waals surface area contributed by atoms with E-state index >= 15 is 0 Å². The number of hydrogen-bond donors (Lipinski definition) is 1. The minimum Gasteiger partial charge on any atom is -0.314 e. The number of halogens is 3. The third-order valence-corrected chi connectivity index (χ3v) is 4.47. The van der Waals surface area contributed by atoms with Gasteiger partial charge in [-0.1, -0.05) is 36.2 Å². The molecular weight excluding hydrogens is 322 g/mol. The summed E-state index contributed by atoms with van der Waals surface area (Å²) < 4.78 is 13.8. The van der Waals surface area contributed by atoms with Crippen molar-refractivity contribution in [3.05, 3.63) is 47.3 Å². The first-order valence-corrected chi connectivity index (χ1v) is 8.11. The molecule has 0 aliphatic carbocycles. The Hall–Kier alpha value is -0.610. The predicted octanol–water partition coefficient (Wildman–Crippen LogP) is 4.59. The molecule has 0 radical (unpaired) electrons. The van der Waals surface area contributed by atoms with Gasteiger partial charge in [0.05, 0.1) is 5.02 Å². The first kappa shape index (κ1) is 19.4. The molecule has 1 aromatic rings. The van der Waals surface area contributed by atoms with Gasteiger partial charge in [-0.15, -0.1) is 19.0 Å². The van der Waals surface area contributed by atoms with E-state index in [0.717, 1.165) is 57.4 Å². The average Bonchev–Trinajstić information content (AvgIpc) is 2.52. The van der Waals surface area contributed by atoms with Gasteiger partial charge in [-0.25, -0.2) is 4.39 Å². The number of benzene rings is 1. The fraction of sp³-hybridized carbons (Fsp3) is 0.529. The van der Waals surface area contributed by atoms with E-state index in [1.165, 1.54) is 6.07 Å². The quantitative estimate of drug-likeness (QED) is 0.573. The second kappa shape index (κ2) is 10.2. The number of nitrogens with zero attached hydrogens (tertiary/aromatic N) is 1. The molecule has 1 fully saturated rings. The summed E-state index contributed by atoms with van der Waals surface area (Å²) in [6, 6.07) is 5.36. The summed E-state index contributed by atoms with van der Waals surface area (Å²) in [5, 5.41) is 3.64. The molecule has 0 aromatic heterocycles. The van der Waals surface area contributed by atoms with Crippen LogP contribution in [0.3, 0.4) is 0 Å². The van der Waals surface area contributed by atoms with Crippen LogP contribution >= 0.6 is 24.0 Å². The van der Waals surface area contributed by atoms with Crippen molar-refractivity contribution in [3.63, 3.8) is 0 Å². The Labute approximate surface area is 144 Å². The molecule has 2 nitrogen and oxygen atoms in total. The van der Waals surface area contributed by atoms with Crippen LogP contribution in [0.4, 0.5) is 4.39 Å². The van der Waals surface area contributed by atoms with E-state index in [1.807, 2.05) is 12.1 Å². The molecule has 124 valence electrons. The summed E-state index contributed by atoms with van der Waals surface area (Å²) in [5.41, 5.74) is 0.928. The van der Waals surface area contributed by atoms with Crippen LogP contribution in [-0.4, -0.2) is 31.1 Å². The highest BCUT2D eigenvalue weighted by Crippen LogP contribution is 2.33. The Balaban J connectivity index is 0.00000242. The predicted molar refractivity (Wildman–Crippen MR) is 94.5 cm³/mol. The lowest BCUT2D eigenvalue weighted by atomic mass is 9.97. The molecule has 1 aliphatic heterocycles. The third-order valence-electron chi connectivity index (χ3n) is 4.07. The fourth-order valence-electron chi connectivity index (χ4n) is 2.93. The minimum atomic E-state index is -0.319. The van der Waals surface area contributed by atoms with Crippen molar-refractivity contribution < 1.29 is 4.39 Å². The van der Waals surface area contributed by atoms with E-state index in [0.29, 0.717) is 0 Å².